The van der Waals surface area contributed by atoms with Crippen molar-refractivity contribution in [3.05, 3.63) is 58.7 Å². The van der Waals surface area contributed by atoms with Crippen LogP contribution in [0.1, 0.15) is 53.7 Å². The molecule has 2 atom stereocenters. The Kier molecular flexibility index (Phi) is 5.51. The average molecular weight is 374 g/mol. The van der Waals surface area contributed by atoms with Crippen LogP contribution < -0.4 is 5.32 Å². The summed E-state index contributed by atoms with van der Waals surface area (Å²) >= 11 is 0. The fraction of sp³-hybridized carbons (Fsp3) is 0.450. The van der Waals surface area contributed by atoms with Gasteiger partial charge in [0.15, 0.2) is 11.6 Å². The molecule has 1 aliphatic rings. The van der Waals surface area contributed by atoms with Gasteiger partial charge in [0.25, 0.3) is 5.91 Å². The van der Waals surface area contributed by atoms with Crippen molar-refractivity contribution >= 4 is 5.91 Å². The molecule has 0 spiro atoms. The molecule has 27 heavy (non-hydrogen) atoms. The predicted octanol–water partition coefficient (Wildman–Crippen LogP) is 3.33. The van der Waals surface area contributed by atoms with Crippen LogP contribution in [0.3, 0.4) is 0 Å². The van der Waals surface area contributed by atoms with E-state index in [4.69, 9.17) is 0 Å². The van der Waals surface area contributed by atoms with Gasteiger partial charge in [-0.3, -0.25) is 9.69 Å². The summed E-state index contributed by atoms with van der Waals surface area (Å²) in [5, 5.41) is 3.05. The molecule has 0 saturated carbocycles. The molecule has 2 unspecified atom stereocenters. The summed E-state index contributed by atoms with van der Waals surface area (Å²) in [6, 6.07) is 3.71. The molecular formula is C20H24F2N4O. The predicted molar refractivity (Wildman–Crippen MR) is 98.3 cm³/mol. The SMILES string of the molecule is Cc1ncc(C(=O)NC2CCN(C(C)C)C2c2ccc(F)c(F)c2)c(C)n1. The minimum Gasteiger partial charge on any atom is -0.347 e. The standard InChI is InChI=1S/C20H24F2N4O/c1-11(2)26-8-7-18(19(26)14-5-6-16(21)17(22)9-14)25-20(27)15-10-23-13(4)24-12(15)3/h5-6,9-11,18-19H,7-8H2,1-4H3,(H,25,27). The van der Waals surface area contributed by atoms with E-state index < -0.39 is 11.6 Å². The van der Waals surface area contributed by atoms with Crippen LogP contribution >= 0.6 is 0 Å². The molecule has 144 valence electrons. The van der Waals surface area contributed by atoms with Gasteiger partial charge in [0.05, 0.1) is 23.3 Å². The lowest BCUT2D eigenvalue weighted by Gasteiger charge is -2.32. The number of carbonyl (C=O) groups excluding carboxylic acids is 1. The van der Waals surface area contributed by atoms with Gasteiger partial charge < -0.3 is 5.32 Å². The Hall–Kier alpha value is -2.41. The van der Waals surface area contributed by atoms with E-state index in [1.54, 1.807) is 19.9 Å². The lowest BCUT2D eigenvalue weighted by Crippen LogP contribution is -2.41. The van der Waals surface area contributed by atoms with Crippen molar-refractivity contribution in [2.75, 3.05) is 6.54 Å². The van der Waals surface area contributed by atoms with E-state index in [2.05, 4.69) is 34.0 Å². The molecule has 1 N–H and O–H groups in total. The maximum absolute atomic E-state index is 13.8. The Balaban J connectivity index is 1.88. The van der Waals surface area contributed by atoms with Crippen molar-refractivity contribution in [2.45, 2.75) is 52.2 Å². The van der Waals surface area contributed by atoms with Gasteiger partial charge in [-0.1, -0.05) is 6.07 Å². The first-order chi connectivity index (χ1) is 12.8. The van der Waals surface area contributed by atoms with Crippen LogP contribution in [0.2, 0.25) is 0 Å². The van der Waals surface area contributed by atoms with E-state index in [0.717, 1.165) is 19.0 Å². The van der Waals surface area contributed by atoms with Gasteiger partial charge >= 0.3 is 0 Å². The zero-order valence-corrected chi connectivity index (χ0v) is 16.0. The van der Waals surface area contributed by atoms with Gasteiger partial charge in [0.1, 0.15) is 5.82 Å². The molecule has 3 rings (SSSR count). The number of likely N-dealkylation sites (tertiary alicyclic amines) is 1. The number of aryl methyl sites for hydroxylation is 2. The average Bonchev–Trinajstić information content (AvgIpc) is 3.01. The number of amides is 1. The molecule has 1 saturated heterocycles. The number of rotatable bonds is 4. The molecule has 1 aromatic carbocycles. The minimum absolute atomic E-state index is 0.203. The lowest BCUT2D eigenvalue weighted by atomic mass is 9.98. The molecular weight excluding hydrogens is 350 g/mol. The van der Waals surface area contributed by atoms with Crippen molar-refractivity contribution in [2.24, 2.45) is 0 Å². The Morgan fingerprint density at radius 2 is 2.00 bits per heavy atom. The van der Waals surface area contributed by atoms with Crippen molar-refractivity contribution in [1.29, 1.82) is 0 Å². The van der Waals surface area contributed by atoms with Crippen molar-refractivity contribution in [3.8, 4) is 0 Å². The molecule has 0 aliphatic carbocycles. The van der Waals surface area contributed by atoms with E-state index in [-0.39, 0.29) is 24.0 Å². The Labute approximate surface area is 157 Å². The third-order valence-electron chi connectivity index (χ3n) is 5.05. The van der Waals surface area contributed by atoms with Gasteiger partial charge in [-0.25, -0.2) is 18.7 Å². The van der Waals surface area contributed by atoms with E-state index >= 15 is 0 Å². The van der Waals surface area contributed by atoms with Crippen LogP contribution in [0.4, 0.5) is 8.78 Å². The van der Waals surface area contributed by atoms with Crippen molar-refractivity contribution in [3.63, 3.8) is 0 Å². The third-order valence-corrected chi connectivity index (χ3v) is 5.05. The van der Waals surface area contributed by atoms with E-state index in [1.165, 1.54) is 12.3 Å². The largest absolute Gasteiger partial charge is 0.347 e. The first-order valence-corrected chi connectivity index (χ1v) is 9.09. The van der Waals surface area contributed by atoms with Gasteiger partial charge in [0, 0.05) is 18.8 Å². The van der Waals surface area contributed by atoms with E-state index in [9.17, 15) is 13.6 Å². The number of nitrogens with zero attached hydrogens (tertiary/aromatic N) is 3. The fourth-order valence-corrected chi connectivity index (χ4v) is 3.72. The highest BCUT2D eigenvalue weighted by atomic mass is 19.2. The second kappa shape index (κ2) is 7.68. The molecule has 0 radical (unpaired) electrons. The zero-order chi connectivity index (χ0) is 19.7. The first kappa shape index (κ1) is 19.4. The number of hydrogen-bond donors (Lipinski definition) is 1. The molecule has 2 aromatic rings. The quantitative estimate of drug-likeness (QED) is 0.892. The molecule has 0 bridgehead atoms. The molecule has 1 aromatic heterocycles. The number of carbonyl (C=O) groups is 1. The zero-order valence-electron chi connectivity index (χ0n) is 16.0. The van der Waals surface area contributed by atoms with Crippen molar-refractivity contribution < 1.29 is 13.6 Å². The molecule has 1 fully saturated rings. The van der Waals surface area contributed by atoms with Gasteiger partial charge in [0.2, 0.25) is 0 Å². The molecule has 2 heterocycles. The highest BCUT2D eigenvalue weighted by molar-refractivity contribution is 5.95. The number of halogens is 2. The summed E-state index contributed by atoms with van der Waals surface area (Å²) in [6.45, 7) is 8.40. The van der Waals surface area contributed by atoms with Crippen LogP contribution in [0.5, 0.6) is 0 Å². The molecule has 1 amide bonds. The molecule has 7 heteroatoms. The topological polar surface area (TPSA) is 58.1 Å². The Bertz CT molecular complexity index is 856. The van der Waals surface area contributed by atoms with Crippen LogP contribution in [0, 0.1) is 25.5 Å². The van der Waals surface area contributed by atoms with Crippen LogP contribution in [-0.4, -0.2) is 39.4 Å². The summed E-state index contributed by atoms with van der Waals surface area (Å²) in [4.78, 5) is 23.3. The summed E-state index contributed by atoms with van der Waals surface area (Å²) in [5.41, 5.74) is 1.69. The Morgan fingerprint density at radius 3 is 2.63 bits per heavy atom. The summed E-state index contributed by atoms with van der Waals surface area (Å²) in [7, 11) is 0. The highest BCUT2D eigenvalue weighted by Crippen LogP contribution is 2.34. The summed E-state index contributed by atoms with van der Waals surface area (Å²) in [5.74, 6) is -1.40. The second-order valence-corrected chi connectivity index (χ2v) is 7.23. The second-order valence-electron chi connectivity index (χ2n) is 7.23. The number of aromatic nitrogens is 2. The fourth-order valence-electron chi connectivity index (χ4n) is 3.72. The number of benzene rings is 1. The maximum atomic E-state index is 13.8. The Morgan fingerprint density at radius 1 is 1.26 bits per heavy atom. The van der Waals surface area contributed by atoms with Crippen molar-refractivity contribution in [1.82, 2.24) is 20.2 Å². The number of hydrogen-bond acceptors (Lipinski definition) is 4. The van der Waals surface area contributed by atoms with Gasteiger partial charge in [-0.15, -0.1) is 0 Å². The van der Waals surface area contributed by atoms with Gasteiger partial charge in [-0.05, 0) is 51.8 Å². The smallest absolute Gasteiger partial charge is 0.254 e. The maximum Gasteiger partial charge on any atom is 0.254 e. The lowest BCUT2D eigenvalue weighted by molar-refractivity contribution is 0.0918. The van der Waals surface area contributed by atoms with Gasteiger partial charge in [-0.2, -0.15) is 0 Å². The monoisotopic (exact) mass is 374 g/mol. The highest BCUT2D eigenvalue weighted by Gasteiger charge is 2.38. The van der Waals surface area contributed by atoms with Crippen LogP contribution in [0.25, 0.3) is 0 Å². The summed E-state index contributed by atoms with van der Waals surface area (Å²) in [6.07, 6.45) is 2.24. The van der Waals surface area contributed by atoms with E-state index in [1.807, 2.05) is 0 Å². The molecule has 1 aliphatic heterocycles. The van der Waals surface area contributed by atoms with Crippen LogP contribution in [-0.2, 0) is 0 Å². The van der Waals surface area contributed by atoms with Crippen LogP contribution in [0.15, 0.2) is 24.4 Å². The number of nitrogens with one attached hydrogen (secondary N) is 1. The third kappa shape index (κ3) is 3.98. The minimum atomic E-state index is -0.879. The normalized spacial score (nSPS) is 20.3. The van der Waals surface area contributed by atoms with E-state index in [0.29, 0.717) is 22.6 Å². The first-order valence-electron chi connectivity index (χ1n) is 9.09. The molecule has 5 nitrogen and oxygen atoms in total. The summed E-state index contributed by atoms with van der Waals surface area (Å²) < 4.78 is 27.2.